The van der Waals surface area contributed by atoms with Gasteiger partial charge in [-0.15, -0.1) is 11.3 Å². The van der Waals surface area contributed by atoms with Crippen LogP contribution in [0.5, 0.6) is 0 Å². The number of thiophene rings is 1. The molecule has 2 atom stereocenters. The first-order valence-corrected chi connectivity index (χ1v) is 11.5. The van der Waals surface area contributed by atoms with Crippen molar-refractivity contribution in [3.8, 4) is 0 Å². The number of piperidine rings is 1. The molecule has 0 bridgehead atoms. The fourth-order valence-corrected chi connectivity index (χ4v) is 5.08. The molecule has 4 rings (SSSR count). The van der Waals surface area contributed by atoms with Crippen LogP contribution in [-0.4, -0.2) is 48.1 Å². The molecule has 4 heterocycles. The van der Waals surface area contributed by atoms with Crippen molar-refractivity contribution in [3.05, 3.63) is 46.3 Å². The van der Waals surface area contributed by atoms with E-state index in [-0.39, 0.29) is 30.3 Å². The Kier molecular flexibility index (Phi) is 6.81. The van der Waals surface area contributed by atoms with Crippen molar-refractivity contribution in [2.24, 2.45) is 5.92 Å². The average Bonchev–Trinajstić information content (AvgIpc) is 3.47. The van der Waals surface area contributed by atoms with E-state index in [2.05, 4.69) is 4.98 Å². The Hall–Kier alpha value is -2.13. The van der Waals surface area contributed by atoms with Crippen molar-refractivity contribution >= 4 is 23.1 Å². The summed E-state index contributed by atoms with van der Waals surface area (Å²) in [5.74, 6) is -0.465. The molecule has 2 saturated heterocycles. The molecule has 1 amide bonds. The smallest absolute Gasteiger partial charge is 0.376 e. The van der Waals surface area contributed by atoms with Crippen molar-refractivity contribution in [2.75, 3.05) is 31.1 Å². The van der Waals surface area contributed by atoms with Gasteiger partial charge >= 0.3 is 6.18 Å². The minimum absolute atomic E-state index is 0.0157. The van der Waals surface area contributed by atoms with Gasteiger partial charge < -0.3 is 14.5 Å². The Labute approximate surface area is 183 Å². The number of pyridine rings is 1. The van der Waals surface area contributed by atoms with Crippen molar-refractivity contribution in [1.29, 1.82) is 0 Å². The second kappa shape index (κ2) is 9.56. The predicted octanol–water partition coefficient (Wildman–Crippen LogP) is 4.59. The highest BCUT2D eigenvalue weighted by molar-refractivity contribution is 7.09. The number of amides is 1. The van der Waals surface area contributed by atoms with Crippen LogP contribution in [0.4, 0.5) is 19.0 Å². The highest BCUT2D eigenvalue weighted by atomic mass is 32.1. The SMILES string of the molecule is O=C(C1CCCN(c2ncccc2C(F)(F)F)C1)N(Cc1cccs1)CC1CCCO1. The maximum absolute atomic E-state index is 13.5. The van der Waals surface area contributed by atoms with Crippen molar-refractivity contribution < 1.29 is 22.7 Å². The number of nitrogens with zero attached hydrogens (tertiary/aromatic N) is 3. The first-order chi connectivity index (χ1) is 14.9. The van der Waals surface area contributed by atoms with E-state index in [1.54, 1.807) is 16.2 Å². The number of hydrogen-bond acceptors (Lipinski definition) is 5. The molecule has 0 aromatic carbocycles. The van der Waals surface area contributed by atoms with E-state index in [4.69, 9.17) is 4.74 Å². The van der Waals surface area contributed by atoms with Gasteiger partial charge in [0.2, 0.25) is 5.91 Å². The molecule has 2 aliphatic heterocycles. The highest BCUT2D eigenvalue weighted by Gasteiger charge is 2.38. The van der Waals surface area contributed by atoms with Gasteiger partial charge in [0.15, 0.2) is 0 Å². The van der Waals surface area contributed by atoms with Gasteiger partial charge in [0.25, 0.3) is 0 Å². The van der Waals surface area contributed by atoms with Gasteiger partial charge in [-0.1, -0.05) is 6.07 Å². The van der Waals surface area contributed by atoms with E-state index < -0.39 is 11.7 Å². The number of aromatic nitrogens is 1. The van der Waals surface area contributed by atoms with Crippen LogP contribution in [0.1, 0.15) is 36.1 Å². The topological polar surface area (TPSA) is 45.7 Å². The van der Waals surface area contributed by atoms with Gasteiger partial charge in [0.05, 0.1) is 24.1 Å². The maximum Gasteiger partial charge on any atom is 0.419 e. The van der Waals surface area contributed by atoms with Gasteiger partial charge in [-0.05, 0) is 49.3 Å². The highest BCUT2D eigenvalue weighted by Crippen LogP contribution is 2.36. The predicted molar refractivity (Wildman–Crippen MR) is 113 cm³/mol. The van der Waals surface area contributed by atoms with Gasteiger partial charge in [0, 0.05) is 37.3 Å². The van der Waals surface area contributed by atoms with Crippen molar-refractivity contribution in [3.63, 3.8) is 0 Å². The number of alkyl halides is 3. The first-order valence-electron chi connectivity index (χ1n) is 10.6. The summed E-state index contributed by atoms with van der Waals surface area (Å²) in [6.45, 7) is 2.43. The Morgan fingerprint density at radius 2 is 2.13 bits per heavy atom. The first kappa shape index (κ1) is 22.1. The molecular weight excluding hydrogens is 427 g/mol. The summed E-state index contributed by atoms with van der Waals surface area (Å²) < 4.78 is 46.2. The molecule has 2 fully saturated rings. The molecule has 2 aromatic heterocycles. The zero-order valence-electron chi connectivity index (χ0n) is 17.2. The number of hydrogen-bond donors (Lipinski definition) is 0. The summed E-state index contributed by atoms with van der Waals surface area (Å²) in [5, 5.41) is 1.98. The van der Waals surface area contributed by atoms with Gasteiger partial charge in [-0.2, -0.15) is 13.2 Å². The van der Waals surface area contributed by atoms with Crippen LogP contribution in [0.2, 0.25) is 0 Å². The fourth-order valence-electron chi connectivity index (χ4n) is 4.36. The van der Waals surface area contributed by atoms with Gasteiger partial charge in [-0.3, -0.25) is 4.79 Å². The number of carbonyl (C=O) groups is 1. The van der Waals surface area contributed by atoms with Crippen molar-refractivity contribution in [2.45, 2.75) is 44.5 Å². The quantitative estimate of drug-likeness (QED) is 0.642. The summed E-state index contributed by atoms with van der Waals surface area (Å²) >= 11 is 1.60. The minimum atomic E-state index is -4.48. The monoisotopic (exact) mass is 453 g/mol. The van der Waals surface area contributed by atoms with Crippen LogP contribution in [-0.2, 0) is 22.3 Å². The minimum Gasteiger partial charge on any atom is -0.376 e. The zero-order chi connectivity index (χ0) is 21.8. The lowest BCUT2D eigenvalue weighted by molar-refractivity contribution is -0.138. The van der Waals surface area contributed by atoms with E-state index in [0.29, 0.717) is 39.1 Å². The van der Waals surface area contributed by atoms with Crippen LogP contribution in [0.3, 0.4) is 0 Å². The summed E-state index contributed by atoms with van der Waals surface area (Å²) in [6.07, 6.45) is 0.141. The third-order valence-electron chi connectivity index (χ3n) is 5.85. The largest absolute Gasteiger partial charge is 0.419 e. The number of carbonyl (C=O) groups excluding carboxylic acids is 1. The normalized spacial score (nSPS) is 22.0. The number of rotatable bonds is 6. The molecule has 0 spiro atoms. The molecule has 0 N–H and O–H groups in total. The third kappa shape index (κ3) is 5.38. The lowest BCUT2D eigenvalue weighted by atomic mass is 9.95. The number of ether oxygens (including phenoxy) is 1. The van der Waals surface area contributed by atoms with Gasteiger partial charge in [-0.25, -0.2) is 4.98 Å². The Morgan fingerprint density at radius 3 is 2.84 bits per heavy atom. The summed E-state index contributed by atoms with van der Waals surface area (Å²) in [7, 11) is 0. The molecule has 0 saturated carbocycles. The lowest BCUT2D eigenvalue weighted by Crippen LogP contribution is -2.47. The van der Waals surface area contributed by atoms with E-state index in [0.717, 1.165) is 23.8 Å². The molecule has 2 aliphatic rings. The molecule has 5 nitrogen and oxygen atoms in total. The van der Waals surface area contributed by atoms with Crippen LogP contribution < -0.4 is 4.90 Å². The maximum atomic E-state index is 13.5. The lowest BCUT2D eigenvalue weighted by Gasteiger charge is -2.37. The van der Waals surface area contributed by atoms with E-state index in [9.17, 15) is 18.0 Å². The van der Waals surface area contributed by atoms with Crippen LogP contribution in [0.25, 0.3) is 0 Å². The molecule has 168 valence electrons. The van der Waals surface area contributed by atoms with Crippen LogP contribution in [0.15, 0.2) is 35.8 Å². The fraction of sp³-hybridized carbons (Fsp3) is 0.545. The standard InChI is InChI=1S/C22H26F3N3O2S/c23-22(24,25)19-8-1-9-26-20(19)27-10-2-5-16(13-27)21(29)28(14-17-6-3-11-30-17)15-18-7-4-12-31-18/h1,4,7-9,12,16-17H,2-3,5-6,10-11,13-15H2. The number of anilines is 1. The number of halogens is 3. The van der Waals surface area contributed by atoms with E-state index in [1.165, 1.54) is 12.3 Å². The molecule has 2 unspecified atom stereocenters. The molecule has 0 radical (unpaired) electrons. The summed E-state index contributed by atoms with van der Waals surface area (Å²) in [5.41, 5.74) is -0.752. The summed E-state index contributed by atoms with van der Waals surface area (Å²) in [4.78, 5) is 22.0. The Balaban J connectivity index is 1.51. The molecule has 2 aromatic rings. The van der Waals surface area contributed by atoms with Crippen LogP contribution in [0, 0.1) is 5.92 Å². The summed E-state index contributed by atoms with van der Waals surface area (Å²) in [6, 6.07) is 6.30. The molecular formula is C22H26F3N3O2S. The average molecular weight is 454 g/mol. The van der Waals surface area contributed by atoms with E-state index in [1.807, 2.05) is 22.4 Å². The third-order valence-corrected chi connectivity index (χ3v) is 6.71. The zero-order valence-corrected chi connectivity index (χ0v) is 18.0. The molecule has 9 heteroatoms. The van der Waals surface area contributed by atoms with Crippen LogP contribution >= 0.6 is 11.3 Å². The van der Waals surface area contributed by atoms with Gasteiger partial charge in [0.1, 0.15) is 5.82 Å². The molecule has 31 heavy (non-hydrogen) atoms. The second-order valence-corrected chi connectivity index (χ2v) is 9.12. The van der Waals surface area contributed by atoms with E-state index >= 15 is 0 Å². The second-order valence-electron chi connectivity index (χ2n) is 8.09. The Bertz CT molecular complexity index is 869. The molecule has 0 aliphatic carbocycles. The Morgan fingerprint density at radius 1 is 1.26 bits per heavy atom. The van der Waals surface area contributed by atoms with Crippen molar-refractivity contribution in [1.82, 2.24) is 9.88 Å².